The molecule has 12 heavy (non-hydrogen) atoms. The first-order chi connectivity index (χ1) is 5.41. The van der Waals surface area contributed by atoms with Crippen molar-refractivity contribution in [1.29, 1.82) is 0 Å². The van der Waals surface area contributed by atoms with Crippen molar-refractivity contribution in [3.63, 3.8) is 0 Å². The van der Waals surface area contributed by atoms with Crippen molar-refractivity contribution in [2.24, 2.45) is 0 Å². The van der Waals surface area contributed by atoms with Crippen molar-refractivity contribution in [2.45, 2.75) is 28.7 Å². The van der Waals surface area contributed by atoms with Crippen molar-refractivity contribution in [1.82, 2.24) is 0 Å². The molecule has 0 fully saturated rings. The molecule has 0 atom stereocenters. The molecule has 1 aromatic rings. The van der Waals surface area contributed by atoms with Crippen LogP contribution >= 0.6 is 0 Å². The number of hydrogen-bond acceptors (Lipinski definition) is 0. The molecule has 0 nitrogen and oxygen atoms in total. The van der Waals surface area contributed by atoms with E-state index in [-0.39, 0.29) is 0 Å². The second-order valence-corrected chi connectivity index (χ2v) is 18.9. The van der Waals surface area contributed by atoms with Gasteiger partial charge in [-0.2, -0.15) is 0 Å². The van der Waals surface area contributed by atoms with Crippen LogP contribution in [0.2, 0.25) is 14.8 Å². The van der Waals surface area contributed by atoms with Gasteiger partial charge in [-0.25, -0.2) is 0 Å². The zero-order chi connectivity index (χ0) is 9.35. The van der Waals surface area contributed by atoms with Crippen LogP contribution in [0.3, 0.4) is 0 Å². The van der Waals surface area contributed by atoms with E-state index in [1.165, 1.54) is 11.1 Å². The molecule has 0 heterocycles. The average Bonchev–Trinajstić information content (AvgIpc) is 1.83. The summed E-state index contributed by atoms with van der Waals surface area (Å²) in [5.74, 6) is 0. The molecule has 66 valence electrons. The van der Waals surface area contributed by atoms with Gasteiger partial charge in [0.15, 0.2) is 0 Å². The number of hydrogen-bond donors (Lipinski definition) is 0. The van der Waals surface area contributed by atoms with Crippen LogP contribution < -0.4 is 3.58 Å². The molecule has 0 radical (unpaired) electrons. The van der Waals surface area contributed by atoms with Gasteiger partial charge >= 0.3 is 79.9 Å². The third kappa shape index (κ3) is 2.25. The number of aryl methyl sites for hydroxylation is 2. The van der Waals surface area contributed by atoms with Gasteiger partial charge in [0, 0.05) is 0 Å². The van der Waals surface area contributed by atoms with Gasteiger partial charge in [0.1, 0.15) is 0 Å². The summed E-state index contributed by atoms with van der Waals surface area (Å²) in [6.07, 6.45) is 0. The molecule has 0 spiro atoms. The van der Waals surface area contributed by atoms with Gasteiger partial charge in [-0.05, 0) is 0 Å². The molecule has 0 aromatic heterocycles. The Morgan fingerprint density at radius 1 is 1.00 bits per heavy atom. The maximum absolute atomic E-state index is 2.46. The zero-order valence-corrected chi connectivity index (χ0v) is 11.6. The fourth-order valence-corrected chi connectivity index (χ4v) is 6.90. The molecule has 1 rings (SSSR count). The standard InChI is InChI=1S/C8H9.3CH3.Sn/c1-7-4-3-5-8(2)6-7;;;;/h3-4,6H,1-2H3;3*1H3;. The van der Waals surface area contributed by atoms with Crippen LogP contribution in [0.1, 0.15) is 11.1 Å². The summed E-state index contributed by atoms with van der Waals surface area (Å²) in [6.45, 7) is 4.40. The molecule has 1 heteroatoms. The second kappa shape index (κ2) is 3.41. The van der Waals surface area contributed by atoms with Crippen LogP contribution in [0.5, 0.6) is 0 Å². The summed E-state index contributed by atoms with van der Waals surface area (Å²) in [4.78, 5) is 7.39. The van der Waals surface area contributed by atoms with Gasteiger partial charge in [-0.15, -0.1) is 0 Å². The molecular formula is C11H18Sn. The second-order valence-electron chi connectivity index (χ2n) is 4.57. The third-order valence-corrected chi connectivity index (χ3v) is 8.40. The molecule has 0 bridgehead atoms. The molecule has 0 amide bonds. The molecule has 0 aliphatic carbocycles. The van der Waals surface area contributed by atoms with E-state index < -0.39 is 18.4 Å². The minimum atomic E-state index is -1.81. The Hall–Kier alpha value is 0.0187. The SMILES string of the molecule is Cc1cc[c]([Sn]([CH3])([CH3])[CH3])c(C)c1. The van der Waals surface area contributed by atoms with Crippen molar-refractivity contribution in [3.8, 4) is 0 Å². The summed E-state index contributed by atoms with van der Waals surface area (Å²) in [5, 5.41) is 0. The third-order valence-electron chi connectivity index (χ3n) is 2.19. The Bertz CT molecular complexity index is 282. The first kappa shape index (κ1) is 10.1. The van der Waals surface area contributed by atoms with Crippen LogP contribution in [-0.4, -0.2) is 18.4 Å². The number of rotatable bonds is 1. The van der Waals surface area contributed by atoms with Crippen molar-refractivity contribution in [3.05, 3.63) is 29.3 Å². The maximum atomic E-state index is 2.46. The molecule has 0 N–H and O–H groups in total. The average molecular weight is 269 g/mol. The van der Waals surface area contributed by atoms with E-state index in [1.807, 2.05) is 0 Å². The minimum absolute atomic E-state index is 1.38. The fraction of sp³-hybridized carbons (Fsp3) is 0.455. The van der Waals surface area contributed by atoms with E-state index in [0.29, 0.717) is 0 Å². The van der Waals surface area contributed by atoms with Crippen LogP contribution in [0.4, 0.5) is 0 Å². The molecule has 1 aromatic carbocycles. The van der Waals surface area contributed by atoms with E-state index in [4.69, 9.17) is 0 Å². The summed E-state index contributed by atoms with van der Waals surface area (Å²) < 4.78 is 1.66. The normalized spacial score (nSPS) is 11.8. The topological polar surface area (TPSA) is 0 Å². The van der Waals surface area contributed by atoms with Gasteiger partial charge in [-0.1, -0.05) is 0 Å². The Morgan fingerprint density at radius 3 is 2.00 bits per heavy atom. The predicted octanol–water partition coefficient (Wildman–Crippen LogP) is 2.85. The van der Waals surface area contributed by atoms with Crippen molar-refractivity contribution < 1.29 is 0 Å². The van der Waals surface area contributed by atoms with E-state index in [1.54, 1.807) is 3.58 Å². The molecule has 0 unspecified atom stereocenters. The van der Waals surface area contributed by atoms with Gasteiger partial charge in [0.25, 0.3) is 0 Å². The summed E-state index contributed by atoms with van der Waals surface area (Å²) in [6, 6.07) is 6.88. The van der Waals surface area contributed by atoms with Crippen LogP contribution in [0.25, 0.3) is 0 Å². The van der Waals surface area contributed by atoms with Gasteiger partial charge in [0.05, 0.1) is 0 Å². The summed E-state index contributed by atoms with van der Waals surface area (Å²) in [5.41, 5.74) is 2.88. The molecular weight excluding hydrogens is 251 g/mol. The van der Waals surface area contributed by atoms with E-state index in [2.05, 4.69) is 46.9 Å². The fourth-order valence-electron chi connectivity index (χ4n) is 1.66. The van der Waals surface area contributed by atoms with Crippen LogP contribution in [0, 0.1) is 13.8 Å². The first-order valence-electron chi connectivity index (χ1n) is 4.49. The van der Waals surface area contributed by atoms with E-state index >= 15 is 0 Å². The molecule has 0 aliphatic rings. The number of benzene rings is 1. The first-order valence-corrected chi connectivity index (χ1v) is 14.5. The monoisotopic (exact) mass is 270 g/mol. The molecule has 0 saturated heterocycles. The van der Waals surface area contributed by atoms with E-state index in [0.717, 1.165) is 0 Å². The Balaban J connectivity index is 3.19. The zero-order valence-electron chi connectivity index (χ0n) is 8.73. The van der Waals surface area contributed by atoms with Crippen LogP contribution in [0.15, 0.2) is 18.2 Å². The Kier molecular flexibility index (Phi) is 2.87. The Labute approximate surface area is 79.9 Å². The summed E-state index contributed by atoms with van der Waals surface area (Å²) >= 11 is -1.81. The van der Waals surface area contributed by atoms with Gasteiger partial charge in [0.2, 0.25) is 0 Å². The van der Waals surface area contributed by atoms with Crippen molar-refractivity contribution in [2.75, 3.05) is 0 Å². The quantitative estimate of drug-likeness (QED) is 0.688. The van der Waals surface area contributed by atoms with Gasteiger partial charge < -0.3 is 0 Å². The predicted molar refractivity (Wildman–Crippen MR) is 58.9 cm³/mol. The van der Waals surface area contributed by atoms with Crippen LogP contribution in [-0.2, 0) is 0 Å². The summed E-state index contributed by atoms with van der Waals surface area (Å²) in [7, 11) is 0. The molecule has 0 saturated carbocycles. The van der Waals surface area contributed by atoms with Crippen molar-refractivity contribution >= 4 is 22.0 Å². The Morgan fingerprint density at radius 2 is 1.58 bits per heavy atom. The van der Waals surface area contributed by atoms with E-state index in [9.17, 15) is 0 Å². The van der Waals surface area contributed by atoms with Gasteiger partial charge in [-0.3, -0.25) is 0 Å². The molecule has 0 aliphatic heterocycles.